The van der Waals surface area contributed by atoms with Gasteiger partial charge in [-0.25, -0.2) is 0 Å². The fourth-order valence-corrected chi connectivity index (χ4v) is 4.76. The predicted molar refractivity (Wildman–Crippen MR) is 134 cm³/mol. The van der Waals surface area contributed by atoms with Crippen LogP contribution in [0, 0.1) is 22.7 Å². The third-order valence-electron chi connectivity index (χ3n) is 5.75. The maximum Gasteiger partial charge on any atom is 0.119 e. The number of hydrogen-bond acceptors (Lipinski definition) is 5. The van der Waals surface area contributed by atoms with Gasteiger partial charge in [0, 0.05) is 11.8 Å². The topological polar surface area (TPSA) is 69.7 Å². The van der Waals surface area contributed by atoms with E-state index in [1.54, 1.807) is 17.6 Å². The highest BCUT2D eigenvalue weighted by atomic mass is 32.1. The lowest BCUT2D eigenvalue weighted by Crippen LogP contribution is -2.05. The van der Waals surface area contributed by atoms with Gasteiger partial charge in [-0.1, -0.05) is 60.7 Å². The molecule has 1 unspecified atom stereocenters. The van der Waals surface area contributed by atoms with Crippen LogP contribution in [0.2, 0.25) is 0 Å². The summed E-state index contributed by atoms with van der Waals surface area (Å²) in [5.74, 6) is 0. The van der Waals surface area contributed by atoms with Crippen molar-refractivity contribution in [3.05, 3.63) is 124 Å². The molecule has 5 aromatic rings. The van der Waals surface area contributed by atoms with Gasteiger partial charge in [0.25, 0.3) is 0 Å². The maximum atomic E-state index is 9.77. The molecule has 0 saturated carbocycles. The minimum absolute atomic E-state index is 0.295. The molecule has 0 saturated heterocycles. The largest absolute Gasteiger partial charge is 0.363 e. The Bertz CT molecular complexity index is 1520. The number of fused-ring (bicyclic) bond motifs is 1. The van der Waals surface area contributed by atoms with E-state index in [-0.39, 0.29) is 6.10 Å². The summed E-state index contributed by atoms with van der Waals surface area (Å²) >= 11 is 1.53. The van der Waals surface area contributed by atoms with E-state index in [4.69, 9.17) is 10.00 Å². The third kappa shape index (κ3) is 4.31. The van der Waals surface area contributed by atoms with Crippen molar-refractivity contribution in [1.29, 1.82) is 10.5 Å². The van der Waals surface area contributed by atoms with Gasteiger partial charge in [0.1, 0.15) is 6.10 Å². The van der Waals surface area contributed by atoms with Crippen LogP contribution in [-0.2, 0) is 11.3 Å². The normalized spacial score (nSPS) is 11.6. The van der Waals surface area contributed by atoms with Gasteiger partial charge in [-0.05, 0) is 51.7 Å². The molecule has 1 aromatic heterocycles. The number of nitriles is 2. The van der Waals surface area contributed by atoms with Crippen LogP contribution in [-0.4, -0.2) is 4.98 Å². The molecule has 5 heteroatoms. The Morgan fingerprint density at radius 1 is 0.853 bits per heavy atom. The molecule has 5 rings (SSSR count). The first-order chi connectivity index (χ1) is 16.8. The van der Waals surface area contributed by atoms with Gasteiger partial charge in [0.2, 0.25) is 0 Å². The van der Waals surface area contributed by atoms with Crippen molar-refractivity contribution in [1.82, 2.24) is 4.98 Å². The minimum atomic E-state index is -0.295. The van der Waals surface area contributed by atoms with Gasteiger partial charge in [0.05, 0.1) is 40.3 Å². The zero-order valence-electron chi connectivity index (χ0n) is 18.2. The molecule has 0 bridgehead atoms. The van der Waals surface area contributed by atoms with Crippen molar-refractivity contribution in [2.75, 3.05) is 0 Å². The van der Waals surface area contributed by atoms with E-state index in [1.807, 2.05) is 54.7 Å². The molecule has 0 aliphatic rings. The quantitative estimate of drug-likeness (QED) is 0.275. The molecule has 1 atom stereocenters. The van der Waals surface area contributed by atoms with Crippen molar-refractivity contribution in [3.63, 3.8) is 0 Å². The summed E-state index contributed by atoms with van der Waals surface area (Å²) in [6.45, 7) is 0.367. The number of nitrogens with zero attached hydrogens (tertiary/aromatic N) is 3. The van der Waals surface area contributed by atoms with Gasteiger partial charge in [0.15, 0.2) is 0 Å². The average molecular weight is 458 g/mol. The molecule has 0 fully saturated rings. The van der Waals surface area contributed by atoms with E-state index in [1.165, 1.54) is 11.3 Å². The molecule has 0 aliphatic heterocycles. The number of thiazole rings is 1. The first kappa shape index (κ1) is 21.6. The van der Waals surface area contributed by atoms with E-state index in [0.717, 1.165) is 37.9 Å². The summed E-state index contributed by atoms with van der Waals surface area (Å²) < 4.78 is 6.39. The maximum absolute atomic E-state index is 9.77. The predicted octanol–water partition coefficient (Wildman–Crippen LogP) is 7.01. The van der Waals surface area contributed by atoms with Crippen LogP contribution in [0.3, 0.4) is 0 Å². The lowest BCUT2D eigenvalue weighted by atomic mass is 9.93. The molecule has 1 heterocycles. The zero-order valence-corrected chi connectivity index (χ0v) is 19.0. The Morgan fingerprint density at radius 3 is 2.44 bits per heavy atom. The van der Waals surface area contributed by atoms with Gasteiger partial charge < -0.3 is 4.74 Å². The standard InChI is InChI=1S/C29H19N3OS/c30-15-20-8-11-23(12-9-20)29(28-17-32-19-34-28)33-18-21-10-13-24(16-31)27(14-21)26-7-3-5-22-4-1-2-6-25(22)26/h1-14,17,19,29H,18H2. The number of hydrogen-bond donors (Lipinski definition) is 0. The van der Waals surface area contributed by atoms with Crippen LogP contribution in [0.1, 0.15) is 33.2 Å². The summed E-state index contributed by atoms with van der Waals surface area (Å²) in [5.41, 5.74) is 6.90. The Morgan fingerprint density at radius 2 is 1.68 bits per heavy atom. The first-order valence-corrected chi connectivity index (χ1v) is 11.7. The van der Waals surface area contributed by atoms with Crippen LogP contribution in [0.4, 0.5) is 0 Å². The van der Waals surface area contributed by atoms with Crippen molar-refractivity contribution in [3.8, 4) is 23.3 Å². The van der Waals surface area contributed by atoms with Crippen LogP contribution >= 0.6 is 11.3 Å². The highest BCUT2D eigenvalue weighted by Crippen LogP contribution is 2.33. The molecule has 0 radical (unpaired) electrons. The number of ether oxygens (including phenoxy) is 1. The molecular formula is C29H19N3OS. The molecule has 4 nitrogen and oxygen atoms in total. The summed E-state index contributed by atoms with van der Waals surface area (Å²) in [6.07, 6.45) is 1.52. The van der Waals surface area contributed by atoms with Crippen LogP contribution < -0.4 is 0 Å². The first-order valence-electron chi connectivity index (χ1n) is 10.8. The molecule has 0 spiro atoms. The molecule has 4 aromatic carbocycles. The Hall–Kier alpha value is -4.29. The lowest BCUT2D eigenvalue weighted by molar-refractivity contribution is 0.0689. The third-order valence-corrected chi connectivity index (χ3v) is 6.57. The van der Waals surface area contributed by atoms with Crippen molar-refractivity contribution >= 4 is 22.1 Å². The monoisotopic (exact) mass is 457 g/mol. The average Bonchev–Trinajstić information content (AvgIpc) is 3.43. The molecule has 34 heavy (non-hydrogen) atoms. The van der Waals surface area contributed by atoms with Crippen LogP contribution in [0.15, 0.2) is 96.6 Å². The second-order valence-corrected chi connectivity index (χ2v) is 8.77. The summed E-state index contributed by atoms with van der Waals surface area (Å²) in [5, 5.41) is 21.1. The van der Waals surface area contributed by atoms with Gasteiger partial charge >= 0.3 is 0 Å². The molecular weight excluding hydrogens is 438 g/mol. The Kier molecular flexibility index (Phi) is 6.14. The van der Waals surface area contributed by atoms with E-state index in [2.05, 4.69) is 41.4 Å². The van der Waals surface area contributed by atoms with E-state index < -0.39 is 0 Å². The van der Waals surface area contributed by atoms with Crippen molar-refractivity contribution in [2.24, 2.45) is 0 Å². The fraction of sp³-hybridized carbons (Fsp3) is 0.0690. The Balaban J connectivity index is 1.48. The molecule has 0 aliphatic carbocycles. The molecule has 0 amide bonds. The zero-order chi connectivity index (χ0) is 23.3. The Labute approximate surface area is 202 Å². The highest BCUT2D eigenvalue weighted by Gasteiger charge is 2.18. The van der Waals surface area contributed by atoms with Crippen LogP contribution in [0.25, 0.3) is 21.9 Å². The van der Waals surface area contributed by atoms with E-state index in [9.17, 15) is 5.26 Å². The van der Waals surface area contributed by atoms with E-state index >= 15 is 0 Å². The smallest absolute Gasteiger partial charge is 0.119 e. The van der Waals surface area contributed by atoms with Crippen molar-refractivity contribution < 1.29 is 4.74 Å². The van der Waals surface area contributed by atoms with E-state index in [0.29, 0.717) is 17.7 Å². The number of aromatic nitrogens is 1. The fourth-order valence-electron chi connectivity index (χ4n) is 4.07. The molecule has 162 valence electrons. The van der Waals surface area contributed by atoms with Crippen molar-refractivity contribution in [2.45, 2.75) is 12.7 Å². The SMILES string of the molecule is N#Cc1ccc(C(OCc2ccc(C#N)c(-c3cccc4ccccc34)c2)c2cncs2)cc1. The summed E-state index contributed by atoms with van der Waals surface area (Å²) in [7, 11) is 0. The van der Waals surface area contributed by atoms with Crippen LogP contribution in [0.5, 0.6) is 0 Å². The second kappa shape index (κ2) is 9.68. The van der Waals surface area contributed by atoms with Gasteiger partial charge in [-0.2, -0.15) is 10.5 Å². The second-order valence-electron chi connectivity index (χ2n) is 7.85. The van der Waals surface area contributed by atoms with Gasteiger partial charge in [-0.15, -0.1) is 11.3 Å². The number of rotatable bonds is 6. The summed E-state index contributed by atoms with van der Waals surface area (Å²) in [6, 6.07) is 32.1. The summed E-state index contributed by atoms with van der Waals surface area (Å²) in [4.78, 5) is 5.21. The number of benzene rings is 4. The molecule has 0 N–H and O–H groups in total. The lowest BCUT2D eigenvalue weighted by Gasteiger charge is -2.18. The highest BCUT2D eigenvalue weighted by molar-refractivity contribution is 7.09. The minimum Gasteiger partial charge on any atom is -0.363 e. The van der Waals surface area contributed by atoms with Gasteiger partial charge in [-0.3, -0.25) is 4.98 Å².